The average Bonchev–Trinajstić information content (AvgIpc) is 3.66. The van der Waals surface area contributed by atoms with Crippen LogP contribution < -0.4 is 5.43 Å². The summed E-state index contributed by atoms with van der Waals surface area (Å²) in [6.07, 6.45) is -1.24. The van der Waals surface area contributed by atoms with Crippen molar-refractivity contribution in [2.45, 2.75) is 32.0 Å². The minimum Gasteiger partial charge on any atom is -0.304 e. The van der Waals surface area contributed by atoms with Gasteiger partial charge < -0.3 is 4.90 Å². The molecule has 13 heteroatoms. The van der Waals surface area contributed by atoms with Crippen molar-refractivity contribution in [1.29, 1.82) is 0 Å². The quantitative estimate of drug-likeness (QED) is 0.216. The zero-order valence-electron chi connectivity index (χ0n) is 25.7. The fourth-order valence-corrected chi connectivity index (χ4v) is 7.11. The summed E-state index contributed by atoms with van der Waals surface area (Å²) < 4.78 is 40.8. The van der Waals surface area contributed by atoms with Gasteiger partial charge in [0.15, 0.2) is 5.69 Å². The first-order chi connectivity index (χ1) is 22.5. The van der Waals surface area contributed by atoms with Gasteiger partial charge in [-0.05, 0) is 74.5 Å². The van der Waals surface area contributed by atoms with Crippen molar-refractivity contribution in [3.8, 4) is 28.1 Å². The number of nitrogens with one attached hydrogen (secondary N) is 1. The molecule has 7 nitrogen and oxygen atoms in total. The minimum atomic E-state index is -4.41. The second-order valence-electron chi connectivity index (χ2n) is 11.7. The summed E-state index contributed by atoms with van der Waals surface area (Å²) in [5.74, 6) is 5.78. The third kappa shape index (κ3) is 8.03. The lowest BCUT2D eigenvalue weighted by molar-refractivity contribution is -0.137. The third-order valence-corrected chi connectivity index (χ3v) is 9.86. The number of hydrogen-bond acceptors (Lipinski definition) is 6. The van der Waals surface area contributed by atoms with Gasteiger partial charge in [0, 0.05) is 62.0 Å². The van der Waals surface area contributed by atoms with Crippen molar-refractivity contribution in [1.82, 2.24) is 30.0 Å². The number of likely N-dealkylation sites (N-methyl/N-ethyl adjacent to an activating group) is 1. The molecule has 4 heterocycles. The Kier molecular flexibility index (Phi) is 10.3. The highest BCUT2D eigenvalue weighted by atomic mass is 35.5. The highest BCUT2D eigenvalue weighted by Crippen LogP contribution is 2.37. The van der Waals surface area contributed by atoms with E-state index in [4.69, 9.17) is 28.3 Å². The van der Waals surface area contributed by atoms with E-state index >= 15 is 0 Å². The molecule has 246 valence electrons. The first-order valence-electron chi connectivity index (χ1n) is 15.4. The Labute approximate surface area is 285 Å². The van der Waals surface area contributed by atoms with Crippen LogP contribution in [0.4, 0.5) is 13.2 Å². The summed E-state index contributed by atoms with van der Waals surface area (Å²) in [5, 5.41) is 7.73. The van der Waals surface area contributed by atoms with E-state index in [0.29, 0.717) is 38.4 Å². The van der Waals surface area contributed by atoms with Gasteiger partial charge in [0.25, 0.3) is 5.91 Å². The van der Waals surface area contributed by atoms with Gasteiger partial charge in [-0.2, -0.15) is 18.3 Å². The fraction of sp³-hybridized carbons (Fsp3) is 0.353. The molecule has 2 aliphatic heterocycles. The number of piperidine rings is 1. The van der Waals surface area contributed by atoms with Crippen LogP contribution in [-0.4, -0.2) is 76.8 Å². The number of thiophene rings is 1. The maximum atomic E-state index is 13.9. The van der Waals surface area contributed by atoms with E-state index in [1.54, 1.807) is 22.9 Å². The molecule has 2 aromatic carbocycles. The van der Waals surface area contributed by atoms with Crippen LogP contribution >= 0.6 is 34.5 Å². The highest BCUT2D eigenvalue weighted by molar-refractivity contribution is 7.16. The van der Waals surface area contributed by atoms with Gasteiger partial charge in [-0.3, -0.25) is 15.1 Å². The van der Waals surface area contributed by atoms with Gasteiger partial charge in [0.05, 0.1) is 31.7 Å². The summed E-state index contributed by atoms with van der Waals surface area (Å²) in [5.41, 5.74) is 5.25. The molecular formula is C34H33Cl2F3N6OS. The molecule has 47 heavy (non-hydrogen) atoms. The van der Waals surface area contributed by atoms with Crippen molar-refractivity contribution in [2.24, 2.45) is 0 Å². The molecule has 0 unspecified atom stereocenters. The molecule has 0 saturated carbocycles. The van der Waals surface area contributed by atoms with Crippen molar-refractivity contribution < 1.29 is 18.0 Å². The van der Waals surface area contributed by atoms with E-state index in [1.165, 1.54) is 23.5 Å². The molecule has 0 radical (unpaired) electrons. The zero-order valence-corrected chi connectivity index (χ0v) is 28.0. The highest BCUT2D eigenvalue weighted by Gasteiger charge is 2.31. The zero-order chi connectivity index (χ0) is 33.1. The molecule has 1 N–H and O–H groups in total. The van der Waals surface area contributed by atoms with Gasteiger partial charge >= 0.3 is 6.18 Å². The van der Waals surface area contributed by atoms with Gasteiger partial charge in [-0.1, -0.05) is 41.5 Å². The summed E-state index contributed by atoms with van der Waals surface area (Å²) in [6.45, 7) is 5.55. The lowest BCUT2D eigenvalue weighted by Gasteiger charge is -2.32. The molecule has 1 amide bonds. The molecule has 2 fully saturated rings. The second-order valence-corrected chi connectivity index (χ2v) is 13.7. The van der Waals surface area contributed by atoms with E-state index < -0.39 is 11.7 Å². The van der Waals surface area contributed by atoms with Gasteiger partial charge in [-0.25, -0.2) is 9.69 Å². The molecule has 4 aromatic rings. The number of nitrogens with zero attached hydrogens (tertiary/aromatic N) is 5. The number of hydrazine groups is 1. The van der Waals surface area contributed by atoms with Crippen LogP contribution in [-0.2, 0) is 12.7 Å². The van der Waals surface area contributed by atoms with E-state index in [0.717, 1.165) is 86.8 Å². The number of hydrogen-bond donors (Lipinski definition) is 1. The number of benzene rings is 2. The third-order valence-electron chi connectivity index (χ3n) is 8.31. The largest absolute Gasteiger partial charge is 0.416 e. The molecule has 2 aliphatic rings. The lowest BCUT2D eigenvalue weighted by atomic mass is 10.1. The fourth-order valence-electron chi connectivity index (χ4n) is 5.70. The van der Waals surface area contributed by atoms with Crippen molar-refractivity contribution in [2.75, 3.05) is 46.3 Å². The molecule has 0 spiro atoms. The Morgan fingerprint density at radius 1 is 0.936 bits per heavy atom. The maximum Gasteiger partial charge on any atom is 0.416 e. The van der Waals surface area contributed by atoms with Crippen LogP contribution in [0.25, 0.3) is 16.3 Å². The molecule has 2 aromatic heterocycles. The maximum absolute atomic E-state index is 13.9. The van der Waals surface area contributed by atoms with Gasteiger partial charge in [0.2, 0.25) is 0 Å². The number of carbonyl (C=O) groups excluding carboxylic acids is 1. The van der Waals surface area contributed by atoms with Crippen LogP contribution in [0.15, 0.2) is 54.6 Å². The first kappa shape index (κ1) is 33.5. The smallest absolute Gasteiger partial charge is 0.304 e. The SMILES string of the molecule is CN1CCN(Cc2c(C(=O)NN3CCCCC3)nn(-c3ccc(Cl)cc3Cl)c2-c2ccc(C#Cc3ccc(C(F)(F)F)cc3)s2)CC1. The minimum absolute atomic E-state index is 0.278. The molecular weight excluding hydrogens is 668 g/mol. The van der Waals surface area contributed by atoms with Crippen LogP contribution in [0.3, 0.4) is 0 Å². The Bertz CT molecular complexity index is 1800. The van der Waals surface area contributed by atoms with Gasteiger partial charge in [-0.15, -0.1) is 11.3 Å². The van der Waals surface area contributed by atoms with Crippen molar-refractivity contribution in [3.63, 3.8) is 0 Å². The predicted octanol–water partition coefficient (Wildman–Crippen LogP) is 7.20. The summed E-state index contributed by atoms with van der Waals surface area (Å²) in [6, 6.07) is 13.7. The Morgan fingerprint density at radius 3 is 2.34 bits per heavy atom. The lowest BCUT2D eigenvalue weighted by Crippen LogP contribution is -2.46. The molecule has 0 bridgehead atoms. The second kappa shape index (κ2) is 14.4. The normalized spacial score (nSPS) is 16.6. The topological polar surface area (TPSA) is 56.6 Å². The van der Waals surface area contributed by atoms with Crippen LogP contribution in [0.2, 0.25) is 10.0 Å². The van der Waals surface area contributed by atoms with Crippen LogP contribution in [0.1, 0.15) is 51.3 Å². The summed E-state index contributed by atoms with van der Waals surface area (Å²) >= 11 is 14.4. The van der Waals surface area contributed by atoms with Gasteiger partial charge in [0.1, 0.15) is 0 Å². The number of halogens is 5. The number of amides is 1. The van der Waals surface area contributed by atoms with E-state index in [9.17, 15) is 18.0 Å². The molecule has 6 rings (SSSR count). The summed E-state index contributed by atoms with van der Waals surface area (Å²) in [7, 11) is 2.10. The number of rotatable bonds is 6. The van der Waals surface area contributed by atoms with Crippen molar-refractivity contribution in [3.05, 3.63) is 91.9 Å². The molecule has 0 atom stereocenters. The summed E-state index contributed by atoms with van der Waals surface area (Å²) in [4.78, 5) is 20.1. The van der Waals surface area contributed by atoms with Crippen molar-refractivity contribution >= 4 is 40.4 Å². The molecule has 2 saturated heterocycles. The number of aromatic nitrogens is 2. The molecule has 0 aliphatic carbocycles. The Hall–Kier alpha value is -3.37. The van der Waals surface area contributed by atoms with Crippen LogP contribution in [0, 0.1) is 11.8 Å². The monoisotopic (exact) mass is 700 g/mol. The number of piperazine rings is 1. The van der Waals surface area contributed by atoms with E-state index in [1.807, 2.05) is 17.1 Å². The average molecular weight is 702 g/mol. The standard InChI is InChI=1S/C34H33Cl2F3N6OS/c1-42-17-19-43(20-18-42)22-27-31(33(46)41-44-15-3-2-4-16-44)40-45(29-13-10-25(35)21-28(29)36)32(27)30-14-12-26(47-30)11-7-23-5-8-24(9-6-23)34(37,38)39/h5-6,8-10,12-14,21H,2-4,15-20,22H2,1H3,(H,41,46). The Morgan fingerprint density at radius 2 is 1.66 bits per heavy atom. The van der Waals surface area contributed by atoms with Crippen LogP contribution in [0.5, 0.6) is 0 Å². The predicted molar refractivity (Wildman–Crippen MR) is 180 cm³/mol. The Balaban J connectivity index is 1.42. The van der Waals surface area contributed by atoms with E-state index in [2.05, 4.69) is 34.1 Å². The van der Waals surface area contributed by atoms with E-state index in [-0.39, 0.29) is 5.91 Å². The first-order valence-corrected chi connectivity index (χ1v) is 17.0. The number of carbonyl (C=O) groups is 1. The number of alkyl halides is 3.